The van der Waals surface area contributed by atoms with E-state index in [0.717, 1.165) is 52.5 Å². The summed E-state index contributed by atoms with van der Waals surface area (Å²) in [6, 6.07) is 21.2. The molecule has 0 radical (unpaired) electrons. The first-order chi connectivity index (χ1) is 21.9. The molecule has 1 aliphatic carbocycles. The zero-order valence-electron chi connectivity index (χ0n) is 26.2. The summed E-state index contributed by atoms with van der Waals surface area (Å²) >= 11 is 0. The van der Waals surface area contributed by atoms with E-state index in [0.29, 0.717) is 32.4 Å². The Morgan fingerprint density at radius 2 is 1.71 bits per heavy atom. The number of carbonyl (C=O) groups is 2. The topological polar surface area (TPSA) is 96.3 Å². The summed E-state index contributed by atoms with van der Waals surface area (Å²) < 4.78 is 12.5. The van der Waals surface area contributed by atoms with Gasteiger partial charge in [0.05, 0.1) is 17.9 Å². The Bertz CT molecular complexity index is 1620. The number of benzene rings is 3. The highest BCUT2D eigenvalue weighted by Crippen LogP contribution is 2.50. The minimum atomic E-state index is -1.01. The third-order valence-corrected chi connectivity index (χ3v) is 9.60. The molecule has 7 nitrogen and oxygen atoms in total. The van der Waals surface area contributed by atoms with Crippen molar-refractivity contribution in [1.29, 1.82) is 0 Å². The van der Waals surface area contributed by atoms with E-state index in [4.69, 9.17) is 9.39 Å². The van der Waals surface area contributed by atoms with E-state index in [9.17, 15) is 19.7 Å². The Labute approximate surface area is 265 Å². The van der Waals surface area contributed by atoms with Crippen LogP contribution in [0, 0.1) is 17.8 Å². The van der Waals surface area contributed by atoms with Crippen LogP contribution in [0.2, 0.25) is 6.32 Å². The van der Waals surface area contributed by atoms with E-state index < -0.39 is 25.1 Å². The Balaban J connectivity index is 1.33. The summed E-state index contributed by atoms with van der Waals surface area (Å²) in [7, 11) is -1.01. The van der Waals surface area contributed by atoms with Crippen molar-refractivity contribution in [2.45, 2.75) is 64.8 Å². The van der Waals surface area contributed by atoms with E-state index >= 15 is 0 Å². The van der Waals surface area contributed by atoms with Crippen molar-refractivity contribution in [2.24, 2.45) is 17.8 Å². The largest absolute Gasteiger partial charge is 0.507 e. The van der Waals surface area contributed by atoms with Gasteiger partial charge in [0.1, 0.15) is 18.1 Å². The average molecular weight is 608 g/mol. The number of ether oxygens (including phenoxy) is 1. The minimum absolute atomic E-state index is 0.102. The number of carbonyl (C=O) groups excluding carboxylic acids is 2. The third-order valence-electron chi connectivity index (χ3n) is 9.60. The number of phenols is 1. The fourth-order valence-electron chi connectivity index (χ4n) is 7.65. The SMILES string of the molecule is CCC/C(=C\c1ccc(O)c2ccccc12)CC[C@H]1OB(O)C[C@H]2C1=C(COc1ccccc1)C[C@H]1C(=O)N(CCC)C(=O)[C@H]12. The molecule has 0 spiro atoms. The van der Waals surface area contributed by atoms with Gasteiger partial charge in [-0.1, -0.05) is 80.4 Å². The van der Waals surface area contributed by atoms with Crippen molar-refractivity contribution >= 4 is 35.8 Å². The predicted octanol–water partition coefficient (Wildman–Crippen LogP) is 6.80. The van der Waals surface area contributed by atoms with Gasteiger partial charge in [-0.2, -0.15) is 0 Å². The quantitative estimate of drug-likeness (QED) is 0.142. The molecule has 234 valence electrons. The van der Waals surface area contributed by atoms with Gasteiger partial charge < -0.3 is 19.5 Å². The molecular weight excluding hydrogens is 565 g/mol. The Morgan fingerprint density at radius 3 is 2.47 bits per heavy atom. The molecule has 0 saturated carbocycles. The smallest absolute Gasteiger partial charge is 0.455 e. The molecule has 3 aromatic rings. The molecule has 2 saturated heterocycles. The summed E-state index contributed by atoms with van der Waals surface area (Å²) in [5.41, 5.74) is 4.35. The van der Waals surface area contributed by atoms with Crippen LogP contribution in [0.3, 0.4) is 0 Å². The van der Waals surface area contributed by atoms with Gasteiger partial charge >= 0.3 is 7.12 Å². The van der Waals surface area contributed by atoms with Crippen LogP contribution < -0.4 is 4.74 Å². The molecule has 2 heterocycles. The molecule has 0 aromatic heterocycles. The first kappa shape index (κ1) is 31.1. The van der Waals surface area contributed by atoms with Crippen molar-refractivity contribution in [3.05, 3.63) is 89.0 Å². The number of aromatic hydroxyl groups is 1. The Morgan fingerprint density at radius 1 is 0.956 bits per heavy atom. The van der Waals surface area contributed by atoms with Gasteiger partial charge in [0.2, 0.25) is 11.8 Å². The van der Waals surface area contributed by atoms with Crippen LogP contribution in [-0.2, 0) is 14.2 Å². The van der Waals surface area contributed by atoms with Crippen molar-refractivity contribution in [1.82, 2.24) is 4.90 Å². The number of imide groups is 1. The molecule has 3 aromatic carbocycles. The maximum absolute atomic E-state index is 13.7. The fraction of sp³-hybridized carbons (Fsp3) is 0.405. The van der Waals surface area contributed by atoms with E-state index in [-0.39, 0.29) is 29.8 Å². The second-order valence-corrected chi connectivity index (χ2v) is 12.6. The number of rotatable bonds is 11. The molecule has 3 aliphatic rings. The fourth-order valence-corrected chi connectivity index (χ4v) is 7.65. The summed E-state index contributed by atoms with van der Waals surface area (Å²) in [6.45, 7) is 4.86. The number of likely N-dealkylation sites (tertiary alicyclic amines) is 1. The van der Waals surface area contributed by atoms with Crippen LogP contribution in [0.25, 0.3) is 16.8 Å². The van der Waals surface area contributed by atoms with Crippen LogP contribution >= 0.6 is 0 Å². The average Bonchev–Trinajstić information content (AvgIpc) is 3.29. The molecule has 4 atom stereocenters. The van der Waals surface area contributed by atoms with Crippen LogP contribution in [0.4, 0.5) is 0 Å². The number of fused-ring (bicyclic) bond motifs is 4. The molecule has 0 bridgehead atoms. The number of amides is 2. The van der Waals surface area contributed by atoms with E-state index in [1.165, 1.54) is 10.5 Å². The van der Waals surface area contributed by atoms with Crippen molar-refractivity contribution in [3.63, 3.8) is 0 Å². The molecular formula is C37H42BNO6. The van der Waals surface area contributed by atoms with Crippen LogP contribution in [-0.4, -0.2) is 53.2 Å². The summed E-state index contributed by atoms with van der Waals surface area (Å²) in [5, 5.41) is 23.2. The normalized spacial score (nSPS) is 23.5. The molecule has 45 heavy (non-hydrogen) atoms. The third kappa shape index (κ3) is 6.31. The van der Waals surface area contributed by atoms with Crippen LogP contribution in [0.5, 0.6) is 11.5 Å². The highest BCUT2D eigenvalue weighted by molar-refractivity contribution is 6.43. The number of hydrogen-bond donors (Lipinski definition) is 2. The molecule has 2 aliphatic heterocycles. The lowest BCUT2D eigenvalue weighted by molar-refractivity contribution is -0.140. The van der Waals surface area contributed by atoms with Crippen molar-refractivity contribution < 1.29 is 29.1 Å². The molecule has 2 N–H and O–H groups in total. The summed E-state index contributed by atoms with van der Waals surface area (Å²) in [4.78, 5) is 28.6. The lowest BCUT2D eigenvalue weighted by Crippen LogP contribution is -2.46. The molecule has 8 heteroatoms. The maximum Gasteiger partial charge on any atom is 0.455 e. The van der Waals surface area contributed by atoms with Gasteiger partial charge in [-0.15, -0.1) is 0 Å². The van der Waals surface area contributed by atoms with Crippen LogP contribution in [0.15, 0.2) is 83.4 Å². The molecule has 6 rings (SSSR count). The van der Waals surface area contributed by atoms with Gasteiger partial charge in [0.25, 0.3) is 0 Å². The van der Waals surface area contributed by atoms with E-state index in [1.807, 2.05) is 67.6 Å². The summed E-state index contributed by atoms with van der Waals surface area (Å²) in [6.07, 6.45) is 6.54. The lowest BCUT2D eigenvalue weighted by Gasteiger charge is -2.43. The Kier molecular flexibility index (Phi) is 9.43. The standard InChI is InChI=1S/C37H42BNO6/c1-3-10-24(20-25-16-17-32(40)29-14-9-8-13-28(25)29)15-18-33-34-26(23-44-27-11-6-5-7-12-27)21-30-35(31(34)22-38(43)45-33)37(42)39(19-4-2)36(30)41/h5-9,11-14,16-17,20,30-31,33,35,40,43H,3-4,10,15,18-19,21-23H2,1-2H3/b24-20+/t30-,31+,33-,35-/m1/s1. The first-order valence-electron chi connectivity index (χ1n) is 16.4. The highest BCUT2D eigenvalue weighted by Gasteiger charge is 2.57. The van der Waals surface area contributed by atoms with Gasteiger partial charge in [-0.3, -0.25) is 14.5 Å². The van der Waals surface area contributed by atoms with Gasteiger partial charge in [-0.05, 0) is 84.6 Å². The second kappa shape index (κ2) is 13.6. The lowest BCUT2D eigenvalue weighted by atomic mass is 9.58. The minimum Gasteiger partial charge on any atom is -0.507 e. The van der Waals surface area contributed by atoms with E-state index in [1.54, 1.807) is 6.07 Å². The van der Waals surface area contributed by atoms with Gasteiger partial charge in [0, 0.05) is 11.9 Å². The van der Waals surface area contributed by atoms with Crippen LogP contribution in [0.1, 0.15) is 57.9 Å². The number of hydrogen-bond acceptors (Lipinski definition) is 6. The van der Waals surface area contributed by atoms with Gasteiger partial charge in [-0.25, -0.2) is 0 Å². The summed E-state index contributed by atoms with van der Waals surface area (Å²) in [5.74, 6) is -0.393. The first-order valence-corrected chi connectivity index (χ1v) is 16.4. The van der Waals surface area contributed by atoms with Crippen molar-refractivity contribution in [2.75, 3.05) is 13.2 Å². The number of allylic oxidation sites excluding steroid dienone is 1. The maximum atomic E-state index is 13.7. The zero-order chi connectivity index (χ0) is 31.5. The monoisotopic (exact) mass is 607 g/mol. The second-order valence-electron chi connectivity index (χ2n) is 12.6. The number of phenolic OH excluding ortho intramolecular Hbond substituents is 1. The molecule has 2 fully saturated rings. The molecule has 0 unspecified atom stereocenters. The van der Waals surface area contributed by atoms with Gasteiger partial charge in [0.15, 0.2) is 0 Å². The Hall–Kier alpha value is -3.88. The molecule has 2 amide bonds. The number of para-hydroxylation sites is 1. The van der Waals surface area contributed by atoms with E-state index in [2.05, 4.69) is 13.0 Å². The predicted molar refractivity (Wildman–Crippen MR) is 176 cm³/mol. The number of nitrogens with zero attached hydrogens (tertiary/aromatic N) is 1. The zero-order valence-corrected chi connectivity index (χ0v) is 26.2. The van der Waals surface area contributed by atoms with Crippen molar-refractivity contribution in [3.8, 4) is 11.5 Å². The highest BCUT2D eigenvalue weighted by atomic mass is 16.5.